The van der Waals surface area contributed by atoms with Gasteiger partial charge in [-0.15, -0.1) is 0 Å². The van der Waals surface area contributed by atoms with Gasteiger partial charge in [0.1, 0.15) is 13.2 Å². The second kappa shape index (κ2) is 5.33. The van der Waals surface area contributed by atoms with Crippen LogP contribution in [0.25, 0.3) is 0 Å². The highest BCUT2D eigenvalue weighted by atomic mass is 16.6. The number of nitrogen functional groups attached to an aromatic ring is 1. The van der Waals surface area contributed by atoms with Gasteiger partial charge < -0.3 is 20.1 Å². The fraction of sp³-hybridized carbons (Fsp3) is 0.250. The summed E-state index contributed by atoms with van der Waals surface area (Å²) in [6.45, 7) is 2.02. The third-order valence-electron chi connectivity index (χ3n) is 3.34. The lowest BCUT2D eigenvalue weighted by atomic mass is 10.1. The second-order valence-electron chi connectivity index (χ2n) is 4.93. The van der Waals surface area contributed by atoms with E-state index in [1.807, 2.05) is 43.4 Å². The normalized spacial score (nSPS) is 13.1. The number of anilines is 2. The fourth-order valence-electron chi connectivity index (χ4n) is 2.31. The van der Waals surface area contributed by atoms with E-state index in [1.54, 1.807) is 0 Å². The van der Waals surface area contributed by atoms with E-state index in [0.717, 1.165) is 29.4 Å². The van der Waals surface area contributed by atoms with E-state index in [0.29, 0.717) is 13.2 Å². The molecule has 4 nitrogen and oxygen atoms in total. The van der Waals surface area contributed by atoms with E-state index in [-0.39, 0.29) is 0 Å². The molecule has 0 radical (unpaired) electrons. The Hall–Kier alpha value is -2.36. The summed E-state index contributed by atoms with van der Waals surface area (Å²) >= 11 is 0. The molecule has 0 atom stereocenters. The zero-order valence-corrected chi connectivity index (χ0v) is 11.5. The van der Waals surface area contributed by atoms with Crippen LogP contribution in [0.2, 0.25) is 0 Å². The first-order chi connectivity index (χ1) is 9.72. The molecular formula is C16H18N2O2. The van der Waals surface area contributed by atoms with Crippen LogP contribution >= 0.6 is 0 Å². The van der Waals surface area contributed by atoms with Crippen molar-refractivity contribution in [3.63, 3.8) is 0 Å². The van der Waals surface area contributed by atoms with Crippen LogP contribution in [-0.2, 0) is 6.54 Å². The molecule has 0 aliphatic carbocycles. The smallest absolute Gasteiger partial charge is 0.161 e. The second-order valence-corrected chi connectivity index (χ2v) is 4.93. The van der Waals surface area contributed by atoms with Crippen molar-refractivity contribution in [3.05, 3.63) is 48.0 Å². The Balaban J connectivity index is 1.77. The third-order valence-corrected chi connectivity index (χ3v) is 3.34. The number of fused-ring (bicyclic) bond motifs is 1. The molecule has 0 unspecified atom stereocenters. The largest absolute Gasteiger partial charge is 0.486 e. The van der Waals surface area contributed by atoms with Crippen molar-refractivity contribution in [1.29, 1.82) is 0 Å². The number of nitrogens with two attached hydrogens (primary N) is 1. The van der Waals surface area contributed by atoms with Gasteiger partial charge >= 0.3 is 0 Å². The van der Waals surface area contributed by atoms with E-state index in [4.69, 9.17) is 15.2 Å². The Morgan fingerprint density at radius 2 is 1.85 bits per heavy atom. The monoisotopic (exact) mass is 270 g/mol. The highest BCUT2D eigenvalue weighted by Crippen LogP contribution is 2.31. The van der Waals surface area contributed by atoms with Crippen LogP contribution in [0.15, 0.2) is 42.5 Å². The van der Waals surface area contributed by atoms with Gasteiger partial charge in [0.2, 0.25) is 0 Å². The minimum atomic E-state index is 0.613. The number of nitrogens with zero attached hydrogens (tertiary/aromatic N) is 1. The molecule has 1 aliphatic rings. The standard InChI is InChI=1S/C16H18N2O2/c1-18(14-4-2-3-13(17)10-14)11-12-5-6-15-16(9-12)20-8-7-19-15/h2-6,9-10H,7-8,11,17H2,1H3. The molecule has 2 aromatic rings. The molecule has 3 rings (SSSR count). The van der Waals surface area contributed by atoms with Crippen LogP contribution in [0, 0.1) is 0 Å². The zero-order chi connectivity index (χ0) is 13.9. The van der Waals surface area contributed by atoms with Gasteiger partial charge in [0, 0.05) is 25.0 Å². The van der Waals surface area contributed by atoms with Crippen molar-refractivity contribution in [2.24, 2.45) is 0 Å². The summed E-state index contributed by atoms with van der Waals surface area (Å²) in [6.07, 6.45) is 0. The number of ether oxygens (including phenoxy) is 2. The number of hydrogen-bond acceptors (Lipinski definition) is 4. The van der Waals surface area contributed by atoms with E-state index in [2.05, 4.69) is 11.0 Å². The van der Waals surface area contributed by atoms with E-state index in [1.165, 1.54) is 5.56 Å². The highest BCUT2D eigenvalue weighted by Gasteiger charge is 2.12. The Labute approximate surface area is 118 Å². The SMILES string of the molecule is CN(Cc1ccc2c(c1)OCCO2)c1cccc(N)c1. The van der Waals surface area contributed by atoms with Crippen LogP contribution in [0.5, 0.6) is 11.5 Å². The van der Waals surface area contributed by atoms with Crippen LogP contribution < -0.4 is 20.1 Å². The van der Waals surface area contributed by atoms with Crippen LogP contribution in [-0.4, -0.2) is 20.3 Å². The van der Waals surface area contributed by atoms with Crippen LogP contribution in [0.3, 0.4) is 0 Å². The summed E-state index contributed by atoms with van der Waals surface area (Å²) in [5, 5.41) is 0. The van der Waals surface area contributed by atoms with Gasteiger partial charge in [0.25, 0.3) is 0 Å². The molecule has 0 saturated heterocycles. The quantitative estimate of drug-likeness (QED) is 0.871. The number of rotatable bonds is 3. The third kappa shape index (κ3) is 2.64. The predicted molar refractivity (Wildman–Crippen MR) is 80.4 cm³/mol. The summed E-state index contributed by atoms with van der Waals surface area (Å²) in [4.78, 5) is 2.15. The Kier molecular flexibility index (Phi) is 3.37. The summed E-state index contributed by atoms with van der Waals surface area (Å²) in [5.74, 6) is 1.65. The van der Waals surface area contributed by atoms with Crippen LogP contribution in [0.1, 0.15) is 5.56 Å². The van der Waals surface area contributed by atoms with E-state index < -0.39 is 0 Å². The summed E-state index contributed by atoms with van der Waals surface area (Å²) in [5.41, 5.74) is 8.87. The molecule has 0 fully saturated rings. The molecule has 4 heteroatoms. The molecule has 20 heavy (non-hydrogen) atoms. The van der Waals surface area contributed by atoms with Crippen molar-refractivity contribution in [2.75, 3.05) is 30.9 Å². The molecule has 1 heterocycles. The van der Waals surface area contributed by atoms with Crippen molar-refractivity contribution in [2.45, 2.75) is 6.54 Å². The molecule has 0 saturated carbocycles. The average Bonchev–Trinajstić information content (AvgIpc) is 2.47. The van der Waals surface area contributed by atoms with Crippen LogP contribution in [0.4, 0.5) is 11.4 Å². The van der Waals surface area contributed by atoms with Crippen molar-refractivity contribution >= 4 is 11.4 Å². The molecule has 2 N–H and O–H groups in total. The van der Waals surface area contributed by atoms with Gasteiger partial charge in [-0.25, -0.2) is 0 Å². The minimum Gasteiger partial charge on any atom is -0.486 e. The predicted octanol–water partition coefficient (Wildman–Crippen LogP) is 2.68. The van der Waals surface area contributed by atoms with Gasteiger partial charge in [0.05, 0.1) is 0 Å². The fourth-order valence-corrected chi connectivity index (χ4v) is 2.31. The van der Waals surface area contributed by atoms with Gasteiger partial charge in [-0.1, -0.05) is 12.1 Å². The van der Waals surface area contributed by atoms with Gasteiger partial charge in [-0.3, -0.25) is 0 Å². The molecule has 104 valence electrons. The molecular weight excluding hydrogens is 252 g/mol. The number of hydrogen-bond donors (Lipinski definition) is 1. The van der Waals surface area contributed by atoms with E-state index >= 15 is 0 Å². The summed E-state index contributed by atoms with van der Waals surface area (Å²) in [7, 11) is 2.05. The lowest BCUT2D eigenvalue weighted by molar-refractivity contribution is 0.171. The van der Waals surface area contributed by atoms with E-state index in [9.17, 15) is 0 Å². The van der Waals surface area contributed by atoms with Gasteiger partial charge in [-0.05, 0) is 35.9 Å². The Bertz CT molecular complexity index is 613. The maximum atomic E-state index is 5.82. The maximum Gasteiger partial charge on any atom is 0.161 e. The lowest BCUT2D eigenvalue weighted by Crippen LogP contribution is -2.18. The van der Waals surface area contributed by atoms with Crippen molar-refractivity contribution in [3.8, 4) is 11.5 Å². The first-order valence-corrected chi connectivity index (χ1v) is 6.67. The number of benzene rings is 2. The highest BCUT2D eigenvalue weighted by molar-refractivity contribution is 5.56. The Morgan fingerprint density at radius 3 is 2.65 bits per heavy atom. The molecule has 0 aromatic heterocycles. The van der Waals surface area contributed by atoms with Gasteiger partial charge in [0.15, 0.2) is 11.5 Å². The summed E-state index contributed by atoms with van der Waals surface area (Å²) in [6, 6.07) is 13.9. The average molecular weight is 270 g/mol. The molecule has 0 amide bonds. The lowest BCUT2D eigenvalue weighted by Gasteiger charge is -2.22. The maximum absolute atomic E-state index is 5.82. The molecule has 0 bridgehead atoms. The van der Waals surface area contributed by atoms with Crippen molar-refractivity contribution in [1.82, 2.24) is 0 Å². The first kappa shape index (κ1) is 12.7. The molecule has 2 aromatic carbocycles. The molecule has 0 spiro atoms. The first-order valence-electron chi connectivity index (χ1n) is 6.67. The summed E-state index contributed by atoms with van der Waals surface area (Å²) < 4.78 is 11.1. The van der Waals surface area contributed by atoms with Crippen molar-refractivity contribution < 1.29 is 9.47 Å². The topological polar surface area (TPSA) is 47.7 Å². The minimum absolute atomic E-state index is 0.613. The Morgan fingerprint density at radius 1 is 1.05 bits per heavy atom. The zero-order valence-electron chi connectivity index (χ0n) is 11.5. The van der Waals surface area contributed by atoms with Gasteiger partial charge in [-0.2, -0.15) is 0 Å². The molecule has 1 aliphatic heterocycles.